The highest BCUT2D eigenvalue weighted by Gasteiger charge is 2.13. The topological polar surface area (TPSA) is 103 Å². The molecule has 8 heteroatoms. The third-order valence-electron chi connectivity index (χ3n) is 1.97. The molecule has 0 aliphatic heterocycles. The molecule has 2 amide bonds. The van der Waals surface area contributed by atoms with E-state index in [9.17, 15) is 9.59 Å². The fourth-order valence-corrected chi connectivity index (χ4v) is 2.07. The van der Waals surface area contributed by atoms with Crippen molar-refractivity contribution >= 4 is 40.8 Å². The number of carbonyl (C=O) groups excluding carboxylic acids is 2. The fraction of sp³-hybridized carbons (Fsp3) is 0.250. The van der Waals surface area contributed by atoms with Crippen molar-refractivity contribution < 1.29 is 19.1 Å². The van der Waals surface area contributed by atoms with Crippen molar-refractivity contribution in [1.29, 1.82) is 0 Å². The molecule has 20 heavy (non-hydrogen) atoms. The molecular formula is C12H14IN3O4. The van der Waals surface area contributed by atoms with E-state index in [1.165, 1.54) is 13.1 Å². The van der Waals surface area contributed by atoms with Crippen LogP contribution in [0.4, 0.5) is 4.79 Å². The van der Waals surface area contributed by atoms with Crippen LogP contribution in [-0.2, 0) is 4.79 Å². The lowest BCUT2D eigenvalue weighted by atomic mass is 10.2. The van der Waals surface area contributed by atoms with Crippen molar-refractivity contribution in [3.63, 3.8) is 0 Å². The first kappa shape index (κ1) is 16.2. The van der Waals surface area contributed by atoms with Gasteiger partial charge >= 0.3 is 12.0 Å². The van der Waals surface area contributed by atoms with Crippen LogP contribution in [0.15, 0.2) is 17.2 Å². The molecule has 7 nitrogen and oxygen atoms in total. The van der Waals surface area contributed by atoms with E-state index in [1.54, 1.807) is 12.1 Å². The van der Waals surface area contributed by atoms with Gasteiger partial charge in [0.25, 0.3) is 0 Å². The lowest BCUT2D eigenvalue weighted by molar-refractivity contribution is -0.132. The lowest BCUT2D eigenvalue weighted by Gasteiger charge is -2.12. The number of benzene rings is 1. The van der Waals surface area contributed by atoms with Crippen molar-refractivity contribution in [2.45, 2.75) is 13.8 Å². The molecule has 0 atom stereocenters. The van der Waals surface area contributed by atoms with Crippen LogP contribution in [0.1, 0.15) is 19.4 Å². The number of nitrogens with one attached hydrogen (secondary N) is 1. The predicted octanol–water partition coefficient (Wildman–Crippen LogP) is 1.62. The van der Waals surface area contributed by atoms with Gasteiger partial charge in [-0.15, -0.1) is 0 Å². The van der Waals surface area contributed by atoms with Crippen LogP contribution >= 0.6 is 22.6 Å². The molecule has 0 spiro atoms. The predicted molar refractivity (Wildman–Crippen MR) is 82.0 cm³/mol. The fourth-order valence-electron chi connectivity index (χ4n) is 1.34. The van der Waals surface area contributed by atoms with Gasteiger partial charge in [0.1, 0.15) is 0 Å². The van der Waals surface area contributed by atoms with Crippen LogP contribution in [0.2, 0.25) is 0 Å². The molecule has 108 valence electrons. The zero-order valence-electron chi connectivity index (χ0n) is 11.0. The first-order valence-corrected chi connectivity index (χ1v) is 6.75. The Labute approximate surface area is 129 Å². The number of halogens is 1. The van der Waals surface area contributed by atoms with Crippen LogP contribution in [-0.4, -0.2) is 24.8 Å². The molecule has 0 aromatic heterocycles. The molecule has 0 bridgehead atoms. The summed E-state index contributed by atoms with van der Waals surface area (Å²) in [7, 11) is 0. The summed E-state index contributed by atoms with van der Waals surface area (Å²) < 4.78 is 11.2. The van der Waals surface area contributed by atoms with Crippen LogP contribution in [0, 0.1) is 3.57 Å². The van der Waals surface area contributed by atoms with Crippen LogP contribution in [0.5, 0.6) is 11.5 Å². The normalized spacial score (nSPS) is 10.3. The summed E-state index contributed by atoms with van der Waals surface area (Å²) in [5.41, 5.74) is 7.66. The number of carbonyl (C=O) groups is 2. The van der Waals surface area contributed by atoms with E-state index in [2.05, 4.69) is 10.5 Å². The number of ether oxygens (including phenoxy) is 2. The summed E-state index contributed by atoms with van der Waals surface area (Å²) in [6.45, 7) is 3.56. The van der Waals surface area contributed by atoms with Gasteiger partial charge in [0.2, 0.25) is 0 Å². The third-order valence-corrected chi connectivity index (χ3v) is 2.77. The monoisotopic (exact) mass is 391 g/mol. The summed E-state index contributed by atoms with van der Waals surface area (Å²) in [6.07, 6.45) is 1.41. The van der Waals surface area contributed by atoms with Gasteiger partial charge < -0.3 is 15.2 Å². The number of amides is 2. The van der Waals surface area contributed by atoms with Crippen molar-refractivity contribution in [3.05, 3.63) is 21.3 Å². The third kappa shape index (κ3) is 5.03. The van der Waals surface area contributed by atoms with E-state index in [0.717, 1.165) is 0 Å². The van der Waals surface area contributed by atoms with Crippen molar-refractivity contribution in [3.8, 4) is 11.5 Å². The number of nitrogens with zero attached hydrogens (tertiary/aromatic N) is 1. The highest BCUT2D eigenvalue weighted by molar-refractivity contribution is 14.1. The maximum Gasteiger partial charge on any atom is 0.332 e. The summed E-state index contributed by atoms with van der Waals surface area (Å²) in [5.74, 6) is 0.357. The van der Waals surface area contributed by atoms with E-state index in [0.29, 0.717) is 27.2 Å². The molecule has 0 aliphatic carbocycles. The largest absolute Gasteiger partial charge is 0.490 e. The average Bonchev–Trinajstić information content (AvgIpc) is 2.33. The Hall–Kier alpha value is -1.84. The Bertz CT molecular complexity index is 546. The smallest absolute Gasteiger partial charge is 0.332 e. The van der Waals surface area contributed by atoms with E-state index in [4.69, 9.17) is 15.2 Å². The van der Waals surface area contributed by atoms with Crippen molar-refractivity contribution in [1.82, 2.24) is 5.43 Å². The van der Waals surface area contributed by atoms with Crippen molar-refractivity contribution in [2.75, 3.05) is 6.61 Å². The minimum absolute atomic E-state index is 0.361. The summed E-state index contributed by atoms with van der Waals surface area (Å²) in [6, 6.07) is 2.63. The number of rotatable bonds is 5. The number of hydrogen-bond donors (Lipinski definition) is 2. The summed E-state index contributed by atoms with van der Waals surface area (Å²) in [5, 5.41) is 3.66. The van der Waals surface area contributed by atoms with Gasteiger partial charge in [0.15, 0.2) is 11.5 Å². The molecule has 0 aliphatic rings. The molecule has 1 aromatic carbocycles. The van der Waals surface area contributed by atoms with E-state index in [1.807, 2.05) is 29.5 Å². The van der Waals surface area contributed by atoms with Gasteiger partial charge in [0, 0.05) is 6.92 Å². The number of nitrogens with two attached hydrogens (primary N) is 1. The molecule has 0 radical (unpaired) electrons. The van der Waals surface area contributed by atoms with Gasteiger partial charge in [-0.25, -0.2) is 10.2 Å². The second-order valence-electron chi connectivity index (χ2n) is 3.59. The maximum atomic E-state index is 11.1. The first-order valence-electron chi connectivity index (χ1n) is 5.67. The van der Waals surface area contributed by atoms with E-state index in [-0.39, 0.29) is 0 Å². The zero-order valence-corrected chi connectivity index (χ0v) is 13.1. The molecule has 3 N–H and O–H groups in total. The minimum Gasteiger partial charge on any atom is -0.490 e. The van der Waals surface area contributed by atoms with Gasteiger partial charge in [0.05, 0.1) is 16.4 Å². The first-order chi connectivity index (χ1) is 9.43. The zero-order chi connectivity index (χ0) is 15.1. The molecule has 0 saturated heterocycles. The molecule has 0 fully saturated rings. The number of esters is 1. The van der Waals surface area contributed by atoms with Gasteiger partial charge in [-0.1, -0.05) is 0 Å². The highest BCUT2D eigenvalue weighted by Crippen LogP contribution is 2.34. The number of urea groups is 1. The Morgan fingerprint density at radius 1 is 1.50 bits per heavy atom. The number of hydrazone groups is 1. The molecule has 0 unspecified atom stereocenters. The Balaban J connectivity index is 3.08. The second-order valence-corrected chi connectivity index (χ2v) is 4.75. The standard InChI is InChI=1S/C12H14IN3O4/c1-3-19-10-5-8(6-15-16-12(14)18)4-9(13)11(10)20-7(2)17/h4-6H,3H2,1-2H3,(H3,14,16,18)/b15-6+. The molecule has 0 heterocycles. The number of primary amides is 1. The maximum absolute atomic E-state index is 11.1. The SMILES string of the molecule is CCOc1cc(/C=N/NC(N)=O)cc(I)c1OC(C)=O. The Morgan fingerprint density at radius 3 is 2.75 bits per heavy atom. The Kier molecular flexibility index (Phi) is 6.22. The van der Waals surface area contributed by atoms with E-state index < -0.39 is 12.0 Å². The summed E-state index contributed by atoms with van der Waals surface area (Å²) in [4.78, 5) is 21.6. The lowest BCUT2D eigenvalue weighted by Crippen LogP contribution is -2.24. The van der Waals surface area contributed by atoms with Gasteiger partial charge in [-0.3, -0.25) is 4.79 Å². The van der Waals surface area contributed by atoms with Gasteiger partial charge in [-0.05, 0) is 47.2 Å². The summed E-state index contributed by atoms with van der Waals surface area (Å²) >= 11 is 2.02. The average molecular weight is 391 g/mol. The Morgan fingerprint density at radius 2 is 2.20 bits per heavy atom. The number of hydrogen-bond acceptors (Lipinski definition) is 5. The van der Waals surface area contributed by atoms with E-state index >= 15 is 0 Å². The molecule has 1 aromatic rings. The van der Waals surface area contributed by atoms with Crippen LogP contribution in [0.3, 0.4) is 0 Å². The molecule has 0 saturated carbocycles. The minimum atomic E-state index is -0.752. The molecular weight excluding hydrogens is 377 g/mol. The molecule has 1 rings (SSSR count). The van der Waals surface area contributed by atoms with Gasteiger partial charge in [-0.2, -0.15) is 5.10 Å². The quantitative estimate of drug-likeness (QED) is 0.262. The van der Waals surface area contributed by atoms with Crippen molar-refractivity contribution in [2.24, 2.45) is 10.8 Å². The second kappa shape index (κ2) is 7.68. The highest BCUT2D eigenvalue weighted by atomic mass is 127. The van der Waals surface area contributed by atoms with Crippen LogP contribution in [0.25, 0.3) is 0 Å². The van der Waals surface area contributed by atoms with Crippen LogP contribution < -0.4 is 20.6 Å².